The highest BCUT2D eigenvalue weighted by Crippen LogP contribution is 2.36. The number of aromatic nitrogens is 1. The number of halogens is 6. The quantitative estimate of drug-likeness (QED) is 0.448. The minimum absolute atomic E-state index is 0.0887. The molecular formula is C19H17ClF5N3O2S. The molecule has 0 fully saturated rings. The van der Waals surface area contributed by atoms with Gasteiger partial charge in [-0.15, -0.1) is 4.72 Å². The molecule has 0 bridgehead atoms. The fourth-order valence-electron chi connectivity index (χ4n) is 2.33. The second-order valence-electron chi connectivity index (χ2n) is 7.35. The van der Waals surface area contributed by atoms with Crippen LogP contribution in [-0.4, -0.2) is 26.8 Å². The van der Waals surface area contributed by atoms with Crippen LogP contribution < -0.4 is 9.46 Å². The van der Waals surface area contributed by atoms with Crippen molar-refractivity contribution in [1.82, 2.24) is 9.71 Å². The Morgan fingerprint density at radius 2 is 1.87 bits per heavy atom. The molecule has 0 amide bonds. The number of alkyl halides is 4. The number of nitrogens with one attached hydrogen (secondary N) is 1. The molecule has 2 atom stereocenters. The van der Waals surface area contributed by atoms with Gasteiger partial charge in [-0.1, -0.05) is 11.6 Å². The molecule has 1 heterocycles. The average molecular weight is 482 g/mol. The average Bonchev–Trinajstić information content (AvgIpc) is 2.65. The van der Waals surface area contributed by atoms with Crippen LogP contribution in [-0.2, 0) is 16.9 Å². The zero-order valence-corrected chi connectivity index (χ0v) is 18.0. The lowest BCUT2D eigenvalue weighted by Gasteiger charge is -2.33. The number of nitrogens with zero attached hydrogens (tertiary/aromatic N) is 2. The number of hydrogen-bond donors (Lipinski definition) is 1. The van der Waals surface area contributed by atoms with Gasteiger partial charge in [-0.2, -0.15) is 22.8 Å². The molecule has 1 aromatic carbocycles. The van der Waals surface area contributed by atoms with Crippen molar-refractivity contribution in [3.63, 3.8) is 0 Å². The second-order valence-corrected chi connectivity index (χ2v) is 9.75. The Hall–Kier alpha value is -2.13. The number of ether oxygens (including phenoxy) is 1. The van der Waals surface area contributed by atoms with Crippen LogP contribution in [0.5, 0.6) is 5.75 Å². The van der Waals surface area contributed by atoms with Gasteiger partial charge in [0.25, 0.3) is 0 Å². The summed E-state index contributed by atoms with van der Waals surface area (Å²) < 4.78 is 84.4. The van der Waals surface area contributed by atoms with Gasteiger partial charge in [-0.3, -0.25) is 4.98 Å². The van der Waals surface area contributed by atoms with Crippen LogP contribution in [0.15, 0.2) is 36.5 Å². The summed E-state index contributed by atoms with van der Waals surface area (Å²) in [6, 6.07) is 6.51. The molecule has 12 heteroatoms. The largest absolute Gasteiger partial charge is 0.598 e. The van der Waals surface area contributed by atoms with Crippen molar-refractivity contribution in [3.05, 3.63) is 58.6 Å². The SMILES string of the molecule is CC(C)(C)[S+]([O-])NC(C#N)(c1cc(F)cc(OC(F)(F)C(F)F)c1)c1ccc(Cl)cn1. The lowest BCUT2D eigenvalue weighted by atomic mass is 9.88. The molecule has 0 aliphatic heterocycles. The molecule has 168 valence electrons. The van der Waals surface area contributed by atoms with Gasteiger partial charge in [0, 0.05) is 29.2 Å². The number of pyridine rings is 1. The lowest BCUT2D eigenvalue weighted by Crippen LogP contribution is -2.51. The molecule has 31 heavy (non-hydrogen) atoms. The highest BCUT2D eigenvalue weighted by atomic mass is 35.5. The van der Waals surface area contributed by atoms with Crippen molar-refractivity contribution < 1.29 is 31.2 Å². The van der Waals surface area contributed by atoms with Crippen LogP contribution >= 0.6 is 11.6 Å². The third-order valence-corrected chi connectivity index (χ3v) is 5.72. The van der Waals surface area contributed by atoms with Gasteiger partial charge < -0.3 is 9.29 Å². The van der Waals surface area contributed by atoms with E-state index in [9.17, 15) is 31.8 Å². The maximum Gasteiger partial charge on any atom is 0.461 e. The first-order valence-corrected chi connectivity index (χ1v) is 10.1. The van der Waals surface area contributed by atoms with E-state index in [0.29, 0.717) is 6.07 Å². The van der Waals surface area contributed by atoms with E-state index in [1.54, 1.807) is 20.8 Å². The first-order valence-electron chi connectivity index (χ1n) is 8.60. The summed E-state index contributed by atoms with van der Waals surface area (Å²) in [5.74, 6) is -2.12. The molecule has 0 aliphatic carbocycles. The fourth-order valence-corrected chi connectivity index (χ4v) is 3.30. The molecule has 0 aliphatic rings. The number of rotatable bonds is 7. The topological polar surface area (TPSA) is 81.0 Å². The Morgan fingerprint density at radius 1 is 1.23 bits per heavy atom. The van der Waals surface area contributed by atoms with Gasteiger partial charge in [-0.25, -0.2) is 4.39 Å². The zero-order chi connectivity index (χ0) is 23.6. The van der Waals surface area contributed by atoms with Gasteiger partial charge in [0.1, 0.15) is 22.4 Å². The zero-order valence-electron chi connectivity index (χ0n) is 16.4. The molecule has 0 saturated carbocycles. The Labute approximate surface area is 183 Å². The maximum absolute atomic E-state index is 14.3. The molecule has 0 spiro atoms. The first-order chi connectivity index (χ1) is 14.2. The maximum atomic E-state index is 14.3. The van der Waals surface area contributed by atoms with E-state index in [-0.39, 0.29) is 16.3 Å². The van der Waals surface area contributed by atoms with Gasteiger partial charge in [0.2, 0.25) is 5.54 Å². The van der Waals surface area contributed by atoms with Crippen molar-refractivity contribution in [1.29, 1.82) is 5.26 Å². The van der Waals surface area contributed by atoms with E-state index in [2.05, 4.69) is 14.4 Å². The third-order valence-electron chi connectivity index (χ3n) is 3.89. The first kappa shape index (κ1) is 25.1. The Balaban J connectivity index is 2.69. The number of benzene rings is 1. The Kier molecular flexibility index (Phi) is 7.43. The minimum Gasteiger partial charge on any atom is -0.598 e. The highest BCUT2D eigenvalue weighted by molar-refractivity contribution is 7.90. The molecule has 1 aromatic heterocycles. The normalized spacial score (nSPS) is 15.3. The summed E-state index contributed by atoms with van der Waals surface area (Å²) in [6.07, 6.45) is -7.91. The van der Waals surface area contributed by atoms with Crippen molar-refractivity contribution in [2.45, 2.75) is 43.6 Å². The Bertz CT molecular complexity index is 966. The van der Waals surface area contributed by atoms with E-state index >= 15 is 0 Å². The third kappa shape index (κ3) is 5.77. The van der Waals surface area contributed by atoms with Gasteiger partial charge in [0.05, 0.1) is 10.7 Å². The van der Waals surface area contributed by atoms with Crippen LogP contribution in [0.2, 0.25) is 5.02 Å². The monoisotopic (exact) mass is 481 g/mol. The molecule has 2 unspecified atom stereocenters. The molecule has 2 rings (SSSR count). The summed E-state index contributed by atoms with van der Waals surface area (Å²) in [4.78, 5) is 4.01. The molecule has 2 aromatic rings. The van der Waals surface area contributed by atoms with Crippen molar-refractivity contribution in [2.75, 3.05) is 0 Å². The van der Waals surface area contributed by atoms with Gasteiger partial charge in [0.15, 0.2) is 0 Å². The van der Waals surface area contributed by atoms with E-state index in [0.717, 1.165) is 12.1 Å². The van der Waals surface area contributed by atoms with Crippen LogP contribution in [0.1, 0.15) is 32.0 Å². The van der Waals surface area contributed by atoms with E-state index < -0.39 is 45.7 Å². The number of hydrogen-bond acceptors (Lipinski definition) is 5. The van der Waals surface area contributed by atoms with Crippen molar-refractivity contribution in [2.24, 2.45) is 0 Å². The Morgan fingerprint density at radius 3 is 2.35 bits per heavy atom. The molecule has 0 saturated heterocycles. The summed E-state index contributed by atoms with van der Waals surface area (Å²) in [5.41, 5.74) is -2.56. The van der Waals surface area contributed by atoms with Crippen LogP contribution in [0.3, 0.4) is 0 Å². The lowest BCUT2D eigenvalue weighted by molar-refractivity contribution is -0.253. The van der Waals surface area contributed by atoms with Crippen molar-refractivity contribution >= 4 is 23.0 Å². The summed E-state index contributed by atoms with van der Waals surface area (Å²) >= 11 is 3.89. The smallest absolute Gasteiger partial charge is 0.461 e. The summed E-state index contributed by atoms with van der Waals surface area (Å²) in [7, 11) is 0. The van der Waals surface area contributed by atoms with Gasteiger partial charge >= 0.3 is 12.5 Å². The minimum atomic E-state index is -4.90. The molecule has 0 radical (unpaired) electrons. The standard InChI is InChI=1S/C19H17ClF5N3O2S/c1-17(2,3)31(29)28-18(10-26,15-5-4-12(20)9-27-15)11-6-13(21)8-14(7-11)30-19(24,25)16(22)23/h4-9,16,28H,1-3H3. The van der Waals surface area contributed by atoms with Crippen molar-refractivity contribution in [3.8, 4) is 11.8 Å². The van der Waals surface area contributed by atoms with Crippen LogP contribution in [0, 0.1) is 17.1 Å². The molecule has 1 N–H and O–H groups in total. The predicted octanol–water partition coefficient (Wildman–Crippen LogP) is 4.93. The van der Waals surface area contributed by atoms with Gasteiger partial charge in [-0.05, 0) is 45.0 Å². The second kappa shape index (κ2) is 9.16. The molecular weight excluding hydrogens is 465 g/mol. The summed E-state index contributed by atoms with van der Waals surface area (Å²) in [5, 5.41) is 10.2. The summed E-state index contributed by atoms with van der Waals surface area (Å²) in [6.45, 7) is 4.78. The van der Waals surface area contributed by atoms with Crippen LogP contribution in [0.25, 0.3) is 0 Å². The molecule has 5 nitrogen and oxygen atoms in total. The fraction of sp³-hybridized carbons (Fsp3) is 0.368. The number of nitriles is 1. The highest BCUT2D eigenvalue weighted by Gasteiger charge is 2.46. The van der Waals surface area contributed by atoms with E-state index in [1.807, 2.05) is 6.07 Å². The van der Waals surface area contributed by atoms with E-state index in [4.69, 9.17) is 11.6 Å². The van der Waals surface area contributed by atoms with E-state index in [1.165, 1.54) is 18.3 Å². The predicted molar refractivity (Wildman–Crippen MR) is 105 cm³/mol. The van der Waals surface area contributed by atoms with Crippen LogP contribution in [0.4, 0.5) is 22.0 Å².